The summed E-state index contributed by atoms with van der Waals surface area (Å²) in [6, 6.07) is 0. The molecule has 0 saturated carbocycles. The van der Waals surface area contributed by atoms with Crippen molar-refractivity contribution in [2.24, 2.45) is 5.92 Å². The molecular formula is C16H27N5O3. The van der Waals surface area contributed by atoms with Crippen LogP contribution in [0.3, 0.4) is 0 Å². The minimum absolute atomic E-state index is 0.0171. The fraction of sp³-hybridized carbons (Fsp3) is 0.750. The van der Waals surface area contributed by atoms with Gasteiger partial charge in [-0.15, -0.1) is 0 Å². The Labute approximate surface area is 142 Å². The Morgan fingerprint density at radius 2 is 2.08 bits per heavy atom. The molecule has 0 aliphatic carbocycles. The Morgan fingerprint density at radius 3 is 2.71 bits per heavy atom. The highest BCUT2D eigenvalue weighted by atomic mass is 16.5. The van der Waals surface area contributed by atoms with Gasteiger partial charge in [0.1, 0.15) is 0 Å². The Hall–Kier alpha value is -1.96. The predicted octanol–water partition coefficient (Wildman–Crippen LogP) is 0.262. The fourth-order valence-electron chi connectivity index (χ4n) is 2.75. The summed E-state index contributed by atoms with van der Waals surface area (Å²) in [5, 5.41) is 6.58. The first-order valence-electron chi connectivity index (χ1n) is 8.41. The summed E-state index contributed by atoms with van der Waals surface area (Å²) in [5.41, 5.74) is 0. The third-order valence-corrected chi connectivity index (χ3v) is 4.25. The number of rotatable bonds is 5. The van der Waals surface area contributed by atoms with Crippen LogP contribution in [0.1, 0.15) is 37.9 Å². The Bertz CT molecular complexity index is 572. The summed E-state index contributed by atoms with van der Waals surface area (Å²) in [4.78, 5) is 32.6. The van der Waals surface area contributed by atoms with Gasteiger partial charge in [0.25, 0.3) is 0 Å². The van der Waals surface area contributed by atoms with Crippen LogP contribution in [0, 0.1) is 5.92 Å². The molecule has 8 heteroatoms. The summed E-state index contributed by atoms with van der Waals surface area (Å²) >= 11 is 0. The lowest BCUT2D eigenvalue weighted by Crippen LogP contribution is -2.41. The van der Waals surface area contributed by atoms with Gasteiger partial charge < -0.3 is 19.6 Å². The number of aryl methyl sites for hydroxylation is 1. The second-order valence-corrected chi connectivity index (χ2v) is 6.61. The topological polar surface area (TPSA) is 91.6 Å². The third kappa shape index (κ3) is 4.77. The van der Waals surface area contributed by atoms with E-state index >= 15 is 0 Å². The van der Waals surface area contributed by atoms with Crippen molar-refractivity contribution in [2.45, 2.75) is 32.6 Å². The molecule has 2 heterocycles. The Kier molecular flexibility index (Phi) is 6.30. The molecule has 0 bridgehead atoms. The maximum Gasteiger partial charge on any atom is 0.227 e. The lowest BCUT2D eigenvalue weighted by molar-refractivity contribution is -0.132. The summed E-state index contributed by atoms with van der Waals surface area (Å²) in [6.07, 6.45) is 0.736. The predicted molar refractivity (Wildman–Crippen MR) is 88.3 cm³/mol. The molecule has 8 nitrogen and oxygen atoms in total. The van der Waals surface area contributed by atoms with E-state index in [1.54, 1.807) is 11.9 Å². The number of hydrogen-bond donors (Lipinski definition) is 1. The lowest BCUT2D eigenvalue weighted by atomic mass is 10.1. The first kappa shape index (κ1) is 18.4. The number of carbonyl (C=O) groups is 2. The first-order valence-corrected chi connectivity index (χ1v) is 8.41. The van der Waals surface area contributed by atoms with Gasteiger partial charge in [0.2, 0.25) is 17.7 Å². The summed E-state index contributed by atoms with van der Waals surface area (Å²) in [5.74, 6) is 1.13. The molecule has 0 aromatic carbocycles. The zero-order chi connectivity index (χ0) is 17.7. The van der Waals surface area contributed by atoms with Crippen molar-refractivity contribution in [3.05, 3.63) is 11.7 Å². The molecule has 0 spiro atoms. The normalized spacial score (nSPS) is 19.4. The fourth-order valence-corrected chi connectivity index (χ4v) is 2.75. The van der Waals surface area contributed by atoms with Crippen LogP contribution in [0.15, 0.2) is 4.52 Å². The lowest BCUT2D eigenvalue weighted by Gasteiger charge is -2.23. The number of likely N-dealkylation sites (N-methyl/N-ethyl adjacent to an activating group) is 1. The molecule has 1 saturated heterocycles. The second kappa shape index (κ2) is 8.23. The number of nitrogens with one attached hydrogen (secondary N) is 1. The van der Waals surface area contributed by atoms with E-state index in [1.807, 2.05) is 20.9 Å². The van der Waals surface area contributed by atoms with E-state index in [4.69, 9.17) is 4.52 Å². The van der Waals surface area contributed by atoms with Crippen molar-refractivity contribution in [1.82, 2.24) is 25.3 Å². The van der Waals surface area contributed by atoms with Gasteiger partial charge in [0.05, 0.1) is 5.92 Å². The molecule has 1 aromatic heterocycles. The van der Waals surface area contributed by atoms with Crippen LogP contribution >= 0.6 is 0 Å². The SMILES string of the molecule is CNC(=O)[C@@H]1CN(C)CCN(C(=O)CCc2nc(C(C)C)no2)C1. The molecule has 1 atom stereocenters. The van der Waals surface area contributed by atoms with E-state index in [-0.39, 0.29) is 23.7 Å². The molecule has 1 N–H and O–H groups in total. The van der Waals surface area contributed by atoms with Gasteiger partial charge >= 0.3 is 0 Å². The summed E-state index contributed by atoms with van der Waals surface area (Å²) < 4.78 is 5.18. The molecule has 1 aromatic rings. The molecular weight excluding hydrogens is 310 g/mol. The van der Waals surface area contributed by atoms with Crippen LogP contribution in [0.2, 0.25) is 0 Å². The number of nitrogens with zero attached hydrogens (tertiary/aromatic N) is 4. The van der Waals surface area contributed by atoms with Gasteiger partial charge in [-0.05, 0) is 7.05 Å². The minimum Gasteiger partial charge on any atom is -0.359 e. The van der Waals surface area contributed by atoms with Crippen molar-refractivity contribution < 1.29 is 14.1 Å². The van der Waals surface area contributed by atoms with E-state index in [0.717, 1.165) is 6.54 Å². The molecule has 2 amide bonds. The highest BCUT2D eigenvalue weighted by Gasteiger charge is 2.28. The average molecular weight is 337 g/mol. The third-order valence-electron chi connectivity index (χ3n) is 4.25. The Morgan fingerprint density at radius 1 is 1.33 bits per heavy atom. The highest BCUT2D eigenvalue weighted by Crippen LogP contribution is 2.13. The van der Waals surface area contributed by atoms with Gasteiger partial charge in [-0.25, -0.2) is 0 Å². The molecule has 1 aliphatic rings. The molecule has 1 aliphatic heterocycles. The minimum atomic E-state index is -0.206. The van der Waals surface area contributed by atoms with Crippen molar-refractivity contribution in [1.29, 1.82) is 0 Å². The monoisotopic (exact) mass is 337 g/mol. The van der Waals surface area contributed by atoms with Crippen molar-refractivity contribution in [3.8, 4) is 0 Å². The molecule has 0 radical (unpaired) electrons. The number of amides is 2. The first-order chi connectivity index (χ1) is 11.4. The highest BCUT2D eigenvalue weighted by molar-refractivity contribution is 5.81. The second-order valence-electron chi connectivity index (χ2n) is 6.61. The van der Waals surface area contributed by atoms with Crippen LogP contribution in [0.4, 0.5) is 0 Å². The van der Waals surface area contributed by atoms with Crippen LogP contribution in [-0.2, 0) is 16.0 Å². The Balaban J connectivity index is 1.93. The van der Waals surface area contributed by atoms with E-state index in [0.29, 0.717) is 44.2 Å². The van der Waals surface area contributed by atoms with Gasteiger partial charge in [0.15, 0.2) is 5.82 Å². The number of hydrogen-bond acceptors (Lipinski definition) is 6. The average Bonchev–Trinajstić information content (AvgIpc) is 2.95. The molecule has 24 heavy (non-hydrogen) atoms. The van der Waals surface area contributed by atoms with Crippen molar-refractivity contribution >= 4 is 11.8 Å². The van der Waals surface area contributed by atoms with Gasteiger partial charge in [-0.1, -0.05) is 19.0 Å². The standard InChI is InChI=1S/C16H27N5O3/c1-11(2)15-18-13(24-19-15)5-6-14(22)21-8-7-20(4)9-12(10-21)16(23)17-3/h11-12H,5-10H2,1-4H3,(H,17,23)/t12-/m1/s1. The van der Waals surface area contributed by atoms with E-state index < -0.39 is 0 Å². The van der Waals surface area contributed by atoms with Crippen molar-refractivity contribution in [3.63, 3.8) is 0 Å². The van der Waals surface area contributed by atoms with Gasteiger partial charge in [-0.3, -0.25) is 9.59 Å². The molecule has 1 fully saturated rings. The molecule has 2 rings (SSSR count). The van der Waals surface area contributed by atoms with Gasteiger partial charge in [0, 0.05) is 52.0 Å². The number of aromatic nitrogens is 2. The summed E-state index contributed by atoms with van der Waals surface area (Å²) in [7, 11) is 3.59. The van der Waals surface area contributed by atoms with E-state index in [1.165, 1.54) is 0 Å². The molecule has 0 unspecified atom stereocenters. The zero-order valence-corrected chi connectivity index (χ0v) is 14.9. The summed E-state index contributed by atoms with van der Waals surface area (Å²) in [6.45, 7) is 6.48. The van der Waals surface area contributed by atoms with Gasteiger partial charge in [-0.2, -0.15) is 4.98 Å². The maximum absolute atomic E-state index is 12.5. The smallest absolute Gasteiger partial charge is 0.227 e. The largest absolute Gasteiger partial charge is 0.359 e. The quantitative estimate of drug-likeness (QED) is 0.829. The number of carbonyl (C=O) groups excluding carboxylic acids is 2. The van der Waals surface area contributed by atoms with Crippen LogP contribution in [0.5, 0.6) is 0 Å². The van der Waals surface area contributed by atoms with Crippen LogP contribution in [0.25, 0.3) is 0 Å². The molecule has 134 valence electrons. The zero-order valence-electron chi connectivity index (χ0n) is 14.9. The van der Waals surface area contributed by atoms with E-state index in [2.05, 4.69) is 20.4 Å². The van der Waals surface area contributed by atoms with Crippen LogP contribution in [-0.4, -0.2) is 72.0 Å². The maximum atomic E-state index is 12.5. The van der Waals surface area contributed by atoms with Crippen molar-refractivity contribution in [2.75, 3.05) is 40.3 Å². The van der Waals surface area contributed by atoms with E-state index in [9.17, 15) is 9.59 Å². The van der Waals surface area contributed by atoms with Crippen LogP contribution < -0.4 is 5.32 Å².